The van der Waals surface area contributed by atoms with Gasteiger partial charge in [0, 0.05) is 0 Å². The van der Waals surface area contributed by atoms with Crippen molar-refractivity contribution in [2.24, 2.45) is 0 Å². The Kier molecular flexibility index (Phi) is 19.9. The summed E-state index contributed by atoms with van der Waals surface area (Å²) in [6, 6.07) is 0. The molecule has 0 nitrogen and oxygen atoms in total. The second-order valence-electron chi connectivity index (χ2n) is 2.71. The Hall–Kier alpha value is 2.38. The SMILES string of the molecule is CCCCC1=[C]([Ti+3])CC=C1.[I-].[I-].[I-]. The molecule has 0 fully saturated rings. The molecular formula is C9H13I3Ti. The Morgan fingerprint density at radius 3 is 2.31 bits per heavy atom. The van der Waals surface area contributed by atoms with Crippen molar-refractivity contribution in [2.75, 3.05) is 0 Å². The third-order valence-corrected chi connectivity index (χ3v) is 2.65. The molecule has 0 unspecified atom stereocenters. The van der Waals surface area contributed by atoms with Crippen molar-refractivity contribution in [3.63, 3.8) is 0 Å². The molecule has 1 rings (SSSR count). The van der Waals surface area contributed by atoms with Crippen LogP contribution < -0.4 is 71.9 Å². The van der Waals surface area contributed by atoms with Gasteiger partial charge in [-0.15, -0.1) is 0 Å². The Balaban J connectivity index is -0.000000333. The van der Waals surface area contributed by atoms with E-state index >= 15 is 0 Å². The van der Waals surface area contributed by atoms with Crippen LogP contribution in [0.25, 0.3) is 0 Å². The topological polar surface area (TPSA) is 0 Å². The zero-order chi connectivity index (χ0) is 7.40. The van der Waals surface area contributed by atoms with Crippen molar-refractivity contribution in [1.82, 2.24) is 0 Å². The molecular weight excluding hydrogens is 537 g/mol. The summed E-state index contributed by atoms with van der Waals surface area (Å²) in [6.45, 7) is 2.24. The maximum atomic E-state index is 2.28. The van der Waals surface area contributed by atoms with E-state index in [1.807, 2.05) is 0 Å². The van der Waals surface area contributed by atoms with E-state index in [1.54, 1.807) is 9.45 Å². The molecule has 0 N–H and O–H groups in total. The van der Waals surface area contributed by atoms with Crippen molar-refractivity contribution < 1.29 is 92.4 Å². The van der Waals surface area contributed by atoms with Gasteiger partial charge in [0.2, 0.25) is 0 Å². The summed E-state index contributed by atoms with van der Waals surface area (Å²) in [5.41, 5.74) is 1.59. The molecule has 1 aliphatic rings. The molecule has 0 radical (unpaired) electrons. The van der Waals surface area contributed by atoms with Crippen LogP contribution >= 0.6 is 0 Å². The number of hydrogen-bond acceptors (Lipinski definition) is 0. The van der Waals surface area contributed by atoms with Crippen LogP contribution in [0.4, 0.5) is 0 Å². The van der Waals surface area contributed by atoms with E-state index < -0.39 is 0 Å². The largest absolute Gasteiger partial charge is 1.00 e. The van der Waals surface area contributed by atoms with Crippen LogP contribution in [-0.2, 0) is 20.4 Å². The predicted octanol–water partition coefficient (Wildman–Crippen LogP) is -6.05. The van der Waals surface area contributed by atoms with E-state index in [-0.39, 0.29) is 71.9 Å². The van der Waals surface area contributed by atoms with Crippen LogP contribution in [0.5, 0.6) is 0 Å². The monoisotopic (exact) mass is 550 g/mol. The molecule has 0 aromatic rings. The minimum absolute atomic E-state index is 0. The van der Waals surface area contributed by atoms with Crippen LogP contribution in [0, 0.1) is 0 Å². The van der Waals surface area contributed by atoms with Gasteiger partial charge in [-0.3, -0.25) is 0 Å². The van der Waals surface area contributed by atoms with Crippen molar-refractivity contribution in [1.29, 1.82) is 0 Å². The predicted molar refractivity (Wildman–Crippen MR) is 40.3 cm³/mol. The average Bonchev–Trinajstić information content (AvgIpc) is 2.31. The molecule has 74 valence electrons. The summed E-state index contributed by atoms with van der Waals surface area (Å²) in [5.74, 6) is 0. The third-order valence-electron chi connectivity index (χ3n) is 1.83. The molecule has 0 bridgehead atoms. The summed E-state index contributed by atoms with van der Waals surface area (Å²) in [7, 11) is 0. The molecule has 1 aliphatic carbocycles. The van der Waals surface area contributed by atoms with E-state index in [9.17, 15) is 0 Å². The van der Waals surface area contributed by atoms with Gasteiger partial charge in [-0.1, -0.05) is 0 Å². The number of hydrogen-bond donors (Lipinski definition) is 0. The minimum atomic E-state index is 0. The molecule has 0 saturated carbocycles. The van der Waals surface area contributed by atoms with Gasteiger partial charge in [-0.25, -0.2) is 0 Å². The zero-order valence-corrected chi connectivity index (χ0v) is 15.7. The van der Waals surface area contributed by atoms with Gasteiger partial charge in [0.1, 0.15) is 0 Å². The van der Waals surface area contributed by atoms with E-state index in [0.717, 1.165) is 0 Å². The van der Waals surface area contributed by atoms with Gasteiger partial charge in [-0.05, 0) is 0 Å². The van der Waals surface area contributed by atoms with Crippen molar-refractivity contribution in [3.8, 4) is 0 Å². The molecule has 0 amide bonds. The number of halogens is 3. The molecule has 0 aromatic heterocycles. The van der Waals surface area contributed by atoms with Crippen LogP contribution in [0.3, 0.4) is 0 Å². The van der Waals surface area contributed by atoms with Crippen LogP contribution in [0.15, 0.2) is 21.6 Å². The quantitative estimate of drug-likeness (QED) is 0.243. The maximum absolute atomic E-state index is 2.28. The fraction of sp³-hybridized carbons (Fsp3) is 0.556. The van der Waals surface area contributed by atoms with Crippen molar-refractivity contribution >= 4 is 0 Å². The first-order valence-corrected chi connectivity index (χ1v) is 4.73. The first-order valence-electron chi connectivity index (χ1n) is 3.94. The van der Waals surface area contributed by atoms with E-state index in [0.29, 0.717) is 0 Å². The number of allylic oxidation sites excluding steroid dienone is 4. The van der Waals surface area contributed by atoms with Crippen molar-refractivity contribution in [2.45, 2.75) is 32.6 Å². The number of unbranched alkanes of at least 4 members (excludes halogenated alkanes) is 1. The van der Waals surface area contributed by atoms with Crippen LogP contribution in [-0.4, -0.2) is 0 Å². The summed E-state index contributed by atoms with van der Waals surface area (Å²) < 4.78 is 1.58. The molecule has 0 saturated heterocycles. The van der Waals surface area contributed by atoms with E-state index in [2.05, 4.69) is 39.5 Å². The normalized spacial score (nSPS) is 13.2. The second kappa shape index (κ2) is 12.5. The Morgan fingerprint density at radius 2 is 1.92 bits per heavy atom. The molecule has 0 aliphatic heterocycles. The fourth-order valence-corrected chi connectivity index (χ4v) is 1.66. The van der Waals surface area contributed by atoms with E-state index in [4.69, 9.17) is 0 Å². The van der Waals surface area contributed by atoms with Crippen molar-refractivity contribution in [3.05, 3.63) is 21.6 Å². The summed E-state index contributed by atoms with van der Waals surface area (Å²) in [5, 5.41) is 0. The Bertz CT molecular complexity index is 176. The summed E-state index contributed by atoms with van der Waals surface area (Å²) in [6.07, 6.45) is 9.69. The first kappa shape index (κ1) is 20.8. The standard InChI is InChI=1S/C9H13.3HI.Ti/c1-2-3-6-9-7-4-5-8-9;;;;/h4,7H,2-3,5-6H2,1H3;3*1H;/q;;;;+3/p-3. The molecule has 0 aromatic carbocycles. The average molecular weight is 550 g/mol. The maximum Gasteiger partial charge on any atom is -1.00 e. The molecule has 13 heavy (non-hydrogen) atoms. The van der Waals surface area contributed by atoms with Gasteiger partial charge in [-0.2, -0.15) is 0 Å². The first-order chi connectivity index (χ1) is 4.84. The van der Waals surface area contributed by atoms with Gasteiger partial charge >= 0.3 is 74.6 Å². The van der Waals surface area contributed by atoms with Gasteiger partial charge in [0.15, 0.2) is 0 Å². The zero-order valence-electron chi connectivity index (χ0n) is 7.62. The smallest absolute Gasteiger partial charge is 1.00 e. The van der Waals surface area contributed by atoms with Gasteiger partial charge in [0.05, 0.1) is 0 Å². The Labute approximate surface area is 144 Å². The molecule has 0 heterocycles. The summed E-state index contributed by atoms with van der Waals surface area (Å²) >= 11 is 2.24. The van der Waals surface area contributed by atoms with Crippen LogP contribution in [0.2, 0.25) is 0 Å². The molecule has 0 spiro atoms. The van der Waals surface area contributed by atoms with Crippen LogP contribution in [0.1, 0.15) is 32.6 Å². The van der Waals surface area contributed by atoms with Gasteiger partial charge in [0.25, 0.3) is 0 Å². The van der Waals surface area contributed by atoms with Gasteiger partial charge < -0.3 is 71.9 Å². The fourth-order valence-electron chi connectivity index (χ4n) is 1.15. The number of rotatable bonds is 3. The molecule has 0 atom stereocenters. The third kappa shape index (κ3) is 8.22. The minimum Gasteiger partial charge on any atom is -1.00 e. The molecule has 4 heteroatoms. The Morgan fingerprint density at radius 1 is 1.31 bits per heavy atom. The summed E-state index contributed by atoms with van der Waals surface area (Å²) in [4.78, 5) is 0. The van der Waals surface area contributed by atoms with E-state index in [1.165, 1.54) is 25.7 Å². The second-order valence-corrected chi connectivity index (χ2v) is 3.66.